The van der Waals surface area contributed by atoms with Crippen LogP contribution in [0.4, 0.5) is 5.69 Å². The molecule has 0 radical (unpaired) electrons. The quantitative estimate of drug-likeness (QED) is 0.823. The molecule has 5 heteroatoms. The molecule has 1 amide bonds. The van der Waals surface area contributed by atoms with Crippen molar-refractivity contribution in [3.63, 3.8) is 0 Å². The summed E-state index contributed by atoms with van der Waals surface area (Å²) in [5.41, 5.74) is 7.23. The van der Waals surface area contributed by atoms with Crippen LogP contribution in [-0.4, -0.2) is 17.4 Å². The number of aryl methyl sites for hydroxylation is 1. The molecular formula is C17H21N3O2. The minimum atomic E-state index is -0.0587. The Morgan fingerprint density at radius 2 is 2.18 bits per heavy atom. The van der Waals surface area contributed by atoms with Gasteiger partial charge in [0, 0.05) is 12.5 Å². The first-order valence-electron chi connectivity index (χ1n) is 7.44. The van der Waals surface area contributed by atoms with Gasteiger partial charge in [0.25, 0.3) is 0 Å². The number of carbonyl (C=O) groups is 1. The highest BCUT2D eigenvalue weighted by Gasteiger charge is 2.04. The Kier molecular flexibility index (Phi) is 5.91. The number of nitrogens with one attached hydrogen (secondary N) is 1. The van der Waals surface area contributed by atoms with Crippen molar-refractivity contribution in [3.05, 3.63) is 48.2 Å². The number of nitrogens with zero attached hydrogens (tertiary/aromatic N) is 1. The van der Waals surface area contributed by atoms with E-state index in [4.69, 9.17) is 10.5 Å². The highest BCUT2D eigenvalue weighted by atomic mass is 16.5. The molecule has 0 saturated heterocycles. The lowest BCUT2D eigenvalue weighted by Gasteiger charge is -2.08. The largest absolute Gasteiger partial charge is 0.439 e. The molecule has 0 aliphatic carbocycles. The standard InChI is InChI=1S/C17H21N3O2/c1-2-13-5-3-6-15(11-13)22-17-9-8-14(12-19-17)20-16(21)7-4-10-18/h3,5-6,8-9,11-12H,2,4,7,10,18H2,1H3,(H,20,21). The summed E-state index contributed by atoms with van der Waals surface area (Å²) in [6, 6.07) is 11.4. The molecule has 0 aliphatic rings. The molecule has 0 aliphatic heterocycles. The Morgan fingerprint density at radius 1 is 1.32 bits per heavy atom. The second kappa shape index (κ2) is 8.14. The molecule has 0 unspecified atom stereocenters. The summed E-state index contributed by atoms with van der Waals surface area (Å²) in [7, 11) is 0. The summed E-state index contributed by atoms with van der Waals surface area (Å²) in [5, 5.41) is 2.77. The molecule has 0 spiro atoms. The number of pyridine rings is 1. The molecule has 3 N–H and O–H groups in total. The molecule has 1 aromatic heterocycles. The summed E-state index contributed by atoms with van der Waals surface area (Å²) < 4.78 is 5.71. The first-order chi connectivity index (χ1) is 10.7. The third-order valence-electron chi connectivity index (χ3n) is 3.16. The molecule has 0 bridgehead atoms. The minimum Gasteiger partial charge on any atom is -0.439 e. The van der Waals surface area contributed by atoms with Gasteiger partial charge < -0.3 is 15.8 Å². The Morgan fingerprint density at radius 3 is 2.86 bits per heavy atom. The molecular weight excluding hydrogens is 278 g/mol. The third-order valence-corrected chi connectivity index (χ3v) is 3.16. The van der Waals surface area contributed by atoms with E-state index in [1.807, 2.05) is 18.2 Å². The molecule has 2 aromatic rings. The van der Waals surface area contributed by atoms with Crippen molar-refractivity contribution in [2.45, 2.75) is 26.2 Å². The molecule has 2 rings (SSSR count). The number of nitrogens with two attached hydrogens (primary N) is 1. The number of ether oxygens (including phenoxy) is 1. The Hall–Kier alpha value is -2.40. The van der Waals surface area contributed by atoms with Gasteiger partial charge in [-0.05, 0) is 43.1 Å². The predicted molar refractivity (Wildman–Crippen MR) is 87.0 cm³/mol. The van der Waals surface area contributed by atoms with E-state index in [0.717, 1.165) is 12.2 Å². The number of aromatic nitrogens is 1. The third kappa shape index (κ3) is 4.86. The number of carbonyl (C=O) groups excluding carboxylic acids is 1. The lowest BCUT2D eigenvalue weighted by atomic mass is 10.2. The fourth-order valence-electron chi connectivity index (χ4n) is 1.95. The van der Waals surface area contributed by atoms with E-state index in [1.54, 1.807) is 18.3 Å². The first-order valence-corrected chi connectivity index (χ1v) is 7.44. The summed E-state index contributed by atoms with van der Waals surface area (Å²) in [4.78, 5) is 15.8. The minimum absolute atomic E-state index is 0.0587. The summed E-state index contributed by atoms with van der Waals surface area (Å²) >= 11 is 0. The van der Waals surface area contributed by atoms with E-state index in [-0.39, 0.29) is 5.91 Å². The maximum absolute atomic E-state index is 11.6. The molecule has 0 atom stereocenters. The van der Waals surface area contributed by atoms with Crippen LogP contribution < -0.4 is 15.8 Å². The van der Waals surface area contributed by atoms with Crippen LogP contribution in [0.2, 0.25) is 0 Å². The van der Waals surface area contributed by atoms with Gasteiger partial charge in [0.05, 0.1) is 11.9 Å². The van der Waals surface area contributed by atoms with Crippen molar-refractivity contribution in [2.24, 2.45) is 5.73 Å². The second-order valence-corrected chi connectivity index (χ2v) is 4.93. The molecule has 1 heterocycles. The average molecular weight is 299 g/mol. The van der Waals surface area contributed by atoms with E-state index in [1.165, 1.54) is 5.56 Å². The van der Waals surface area contributed by atoms with Crippen LogP contribution in [-0.2, 0) is 11.2 Å². The van der Waals surface area contributed by atoms with E-state index in [9.17, 15) is 4.79 Å². The van der Waals surface area contributed by atoms with E-state index < -0.39 is 0 Å². The number of hydrogen-bond donors (Lipinski definition) is 2. The van der Waals surface area contributed by atoms with Gasteiger partial charge in [0.2, 0.25) is 11.8 Å². The monoisotopic (exact) mass is 299 g/mol. The fourth-order valence-corrected chi connectivity index (χ4v) is 1.95. The number of amides is 1. The summed E-state index contributed by atoms with van der Waals surface area (Å²) in [6.45, 7) is 2.61. The predicted octanol–water partition coefficient (Wildman–Crippen LogP) is 3.11. The number of benzene rings is 1. The van der Waals surface area contributed by atoms with Crippen molar-refractivity contribution in [1.29, 1.82) is 0 Å². The number of hydrogen-bond acceptors (Lipinski definition) is 4. The second-order valence-electron chi connectivity index (χ2n) is 4.93. The van der Waals surface area contributed by atoms with Gasteiger partial charge in [-0.3, -0.25) is 4.79 Å². The summed E-state index contributed by atoms with van der Waals surface area (Å²) in [5.74, 6) is 1.19. The SMILES string of the molecule is CCc1cccc(Oc2ccc(NC(=O)CCCN)cn2)c1. The van der Waals surface area contributed by atoms with Crippen LogP contribution in [0.1, 0.15) is 25.3 Å². The van der Waals surface area contributed by atoms with Gasteiger partial charge in [-0.15, -0.1) is 0 Å². The van der Waals surface area contributed by atoms with Crippen molar-refractivity contribution < 1.29 is 9.53 Å². The van der Waals surface area contributed by atoms with Crippen LogP contribution in [0.5, 0.6) is 11.6 Å². The first kappa shape index (κ1) is 16.0. The van der Waals surface area contributed by atoms with Crippen LogP contribution in [0.3, 0.4) is 0 Å². The van der Waals surface area contributed by atoms with Crippen molar-refractivity contribution in [3.8, 4) is 11.6 Å². The molecule has 1 aromatic carbocycles. The Balaban J connectivity index is 1.95. The normalized spacial score (nSPS) is 10.3. The van der Waals surface area contributed by atoms with Gasteiger partial charge in [0.15, 0.2) is 0 Å². The zero-order chi connectivity index (χ0) is 15.8. The van der Waals surface area contributed by atoms with E-state index >= 15 is 0 Å². The van der Waals surface area contributed by atoms with Crippen LogP contribution >= 0.6 is 0 Å². The Labute approximate surface area is 130 Å². The average Bonchev–Trinajstić information content (AvgIpc) is 2.55. The van der Waals surface area contributed by atoms with Gasteiger partial charge in [0.1, 0.15) is 5.75 Å². The zero-order valence-corrected chi connectivity index (χ0v) is 12.7. The lowest BCUT2D eigenvalue weighted by Crippen LogP contribution is -2.13. The van der Waals surface area contributed by atoms with Crippen LogP contribution in [0.15, 0.2) is 42.6 Å². The van der Waals surface area contributed by atoms with Gasteiger partial charge in [-0.1, -0.05) is 19.1 Å². The molecule has 5 nitrogen and oxygen atoms in total. The van der Waals surface area contributed by atoms with Crippen molar-refractivity contribution in [2.75, 3.05) is 11.9 Å². The smallest absolute Gasteiger partial charge is 0.224 e. The number of rotatable bonds is 7. The van der Waals surface area contributed by atoms with E-state index in [2.05, 4.69) is 23.3 Å². The Bertz CT molecular complexity index is 612. The molecule has 0 fully saturated rings. The van der Waals surface area contributed by atoms with Crippen molar-refractivity contribution in [1.82, 2.24) is 4.98 Å². The summed E-state index contributed by atoms with van der Waals surface area (Å²) in [6.07, 6.45) is 3.63. The maximum atomic E-state index is 11.6. The highest BCUT2D eigenvalue weighted by Crippen LogP contribution is 2.21. The molecule has 0 saturated carbocycles. The topological polar surface area (TPSA) is 77.2 Å². The highest BCUT2D eigenvalue weighted by molar-refractivity contribution is 5.90. The van der Waals surface area contributed by atoms with Crippen molar-refractivity contribution >= 4 is 11.6 Å². The zero-order valence-electron chi connectivity index (χ0n) is 12.7. The maximum Gasteiger partial charge on any atom is 0.224 e. The van der Waals surface area contributed by atoms with E-state index in [0.29, 0.717) is 31.0 Å². The van der Waals surface area contributed by atoms with Crippen LogP contribution in [0.25, 0.3) is 0 Å². The van der Waals surface area contributed by atoms with Crippen LogP contribution in [0, 0.1) is 0 Å². The van der Waals surface area contributed by atoms with Gasteiger partial charge in [-0.2, -0.15) is 0 Å². The van der Waals surface area contributed by atoms with Gasteiger partial charge >= 0.3 is 0 Å². The number of anilines is 1. The molecule has 116 valence electrons. The van der Waals surface area contributed by atoms with Gasteiger partial charge in [-0.25, -0.2) is 4.98 Å². The fraction of sp³-hybridized carbons (Fsp3) is 0.294. The molecule has 22 heavy (non-hydrogen) atoms. The lowest BCUT2D eigenvalue weighted by molar-refractivity contribution is -0.116.